The lowest BCUT2D eigenvalue weighted by Crippen LogP contribution is -2.37. The van der Waals surface area contributed by atoms with E-state index in [0.717, 1.165) is 24.7 Å². The van der Waals surface area contributed by atoms with Gasteiger partial charge >= 0.3 is 5.97 Å². The molecule has 4 nitrogen and oxygen atoms in total. The molecule has 5 heteroatoms. The highest BCUT2D eigenvalue weighted by Gasteiger charge is 2.19. The van der Waals surface area contributed by atoms with Crippen LogP contribution in [0.3, 0.4) is 0 Å². The van der Waals surface area contributed by atoms with E-state index in [1.54, 1.807) is 19.1 Å². The first-order valence-corrected chi connectivity index (χ1v) is 6.70. The van der Waals surface area contributed by atoms with E-state index in [1.807, 2.05) is 11.8 Å². The summed E-state index contributed by atoms with van der Waals surface area (Å²) in [6, 6.07) is 3.45. The zero-order valence-corrected chi connectivity index (χ0v) is 10.8. The average molecular weight is 252 g/mol. The molecule has 1 aromatic rings. The van der Waals surface area contributed by atoms with Gasteiger partial charge in [-0.2, -0.15) is 11.8 Å². The predicted molar refractivity (Wildman–Crippen MR) is 70.1 cm³/mol. The molecular weight excluding hydrogens is 236 g/mol. The Hall–Kier alpha value is -1.23. The van der Waals surface area contributed by atoms with Crippen molar-refractivity contribution in [3.63, 3.8) is 0 Å². The molecule has 2 heterocycles. The number of carboxylic acids is 1. The van der Waals surface area contributed by atoms with E-state index in [4.69, 9.17) is 5.11 Å². The number of hydrogen-bond acceptors (Lipinski definition) is 4. The van der Waals surface area contributed by atoms with Gasteiger partial charge in [0.15, 0.2) is 0 Å². The van der Waals surface area contributed by atoms with Gasteiger partial charge in [-0.15, -0.1) is 0 Å². The van der Waals surface area contributed by atoms with Crippen LogP contribution in [0.15, 0.2) is 12.1 Å². The van der Waals surface area contributed by atoms with Crippen LogP contribution in [-0.2, 0) is 0 Å². The average Bonchev–Trinajstić information content (AvgIpc) is 2.28. The molecule has 1 aromatic heterocycles. The highest BCUT2D eigenvalue weighted by atomic mass is 32.2. The van der Waals surface area contributed by atoms with Crippen molar-refractivity contribution in [3.8, 4) is 0 Å². The molecule has 0 bridgehead atoms. The summed E-state index contributed by atoms with van der Waals surface area (Å²) < 4.78 is 0. The number of hydrogen-bond donors (Lipinski definition) is 1. The van der Waals surface area contributed by atoms with Gasteiger partial charge in [0, 0.05) is 24.1 Å². The Kier molecular flexibility index (Phi) is 3.57. The third-order valence-electron chi connectivity index (χ3n) is 2.87. The first kappa shape index (κ1) is 12.2. The van der Waals surface area contributed by atoms with Gasteiger partial charge in [0.05, 0.1) is 11.3 Å². The van der Waals surface area contributed by atoms with Crippen LogP contribution in [0, 0.1) is 6.92 Å². The topological polar surface area (TPSA) is 53.4 Å². The number of aromatic nitrogens is 1. The Balaban J connectivity index is 2.22. The fraction of sp³-hybridized carbons (Fsp3) is 0.500. The van der Waals surface area contributed by atoms with E-state index in [0.29, 0.717) is 10.9 Å². The van der Waals surface area contributed by atoms with Crippen molar-refractivity contribution >= 4 is 23.5 Å². The highest BCUT2D eigenvalue weighted by molar-refractivity contribution is 8.00. The highest BCUT2D eigenvalue weighted by Crippen LogP contribution is 2.23. The van der Waals surface area contributed by atoms with Crippen molar-refractivity contribution in [2.45, 2.75) is 19.1 Å². The fourth-order valence-corrected chi connectivity index (χ4v) is 2.99. The summed E-state index contributed by atoms with van der Waals surface area (Å²) in [5.41, 5.74) is 0.870. The zero-order chi connectivity index (χ0) is 12.4. The number of carbonyl (C=O) groups is 1. The number of aryl methyl sites for hydroxylation is 1. The molecule has 1 unspecified atom stereocenters. The molecule has 2 rings (SSSR count). The molecule has 92 valence electrons. The van der Waals surface area contributed by atoms with Crippen molar-refractivity contribution in [1.82, 2.24) is 4.98 Å². The van der Waals surface area contributed by atoms with Gasteiger partial charge in [-0.1, -0.05) is 6.92 Å². The molecule has 17 heavy (non-hydrogen) atoms. The Morgan fingerprint density at radius 2 is 2.35 bits per heavy atom. The molecule has 1 atom stereocenters. The maximum Gasteiger partial charge on any atom is 0.337 e. The quantitative estimate of drug-likeness (QED) is 0.872. The van der Waals surface area contributed by atoms with E-state index in [-0.39, 0.29) is 5.56 Å². The smallest absolute Gasteiger partial charge is 0.337 e. The molecule has 0 amide bonds. The molecule has 1 aliphatic rings. The molecule has 0 aromatic carbocycles. The molecule has 1 saturated heterocycles. The lowest BCUT2D eigenvalue weighted by atomic mass is 10.2. The summed E-state index contributed by atoms with van der Waals surface area (Å²) in [5, 5.41) is 9.55. The number of carboxylic acid groups (broad SMARTS) is 1. The van der Waals surface area contributed by atoms with Crippen molar-refractivity contribution in [2.75, 3.05) is 23.7 Å². The van der Waals surface area contributed by atoms with Crippen LogP contribution in [0.25, 0.3) is 0 Å². The van der Waals surface area contributed by atoms with E-state index in [1.165, 1.54) is 0 Å². The standard InChI is InChI=1S/C12H16N2O2S/c1-8-7-14(5-6-17-8)11-4-3-10(12(15)16)9(2)13-11/h3-4,8H,5-7H2,1-2H3,(H,15,16). The Morgan fingerprint density at radius 1 is 1.59 bits per heavy atom. The number of nitrogens with zero attached hydrogens (tertiary/aromatic N) is 2. The van der Waals surface area contributed by atoms with E-state index >= 15 is 0 Å². The summed E-state index contributed by atoms with van der Waals surface area (Å²) >= 11 is 1.97. The third-order valence-corrected chi connectivity index (χ3v) is 4.00. The van der Waals surface area contributed by atoms with Crippen LogP contribution in [0.2, 0.25) is 0 Å². The lowest BCUT2D eigenvalue weighted by molar-refractivity contribution is 0.0695. The normalized spacial score (nSPS) is 20.4. The van der Waals surface area contributed by atoms with Crippen molar-refractivity contribution in [1.29, 1.82) is 0 Å². The minimum absolute atomic E-state index is 0.285. The zero-order valence-electron chi connectivity index (χ0n) is 10.0. The number of thioether (sulfide) groups is 1. The van der Waals surface area contributed by atoms with Gasteiger partial charge in [0.2, 0.25) is 0 Å². The van der Waals surface area contributed by atoms with Crippen molar-refractivity contribution in [2.24, 2.45) is 0 Å². The second kappa shape index (κ2) is 4.96. The van der Waals surface area contributed by atoms with Gasteiger partial charge in [0.1, 0.15) is 5.82 Å². The summed E-state index contributed by atoms with van der Waals surface area (Å²) in [5.74, 6) is 1.08. The molecule has 0 spiro atoms. The SMILES string of the molecule is Cc1nc(N2CCSC(C)C2)ccc1C(=O)O. The summed E-state index contributed by atoms with van der Waals surface area (Å²) in [4.78, 5) is 17.5. The Morgan fingerprint density at radius 3 is 2.94 bits per heavy atom. The second-order valence-corrected chi connectivity index (χ2v) is 5.78. The molecular formula is C12H16N2O2S. The minimum atomic E-state index is -0.913. The number of anilines is 1. The van der Waals surface area contributed by atoms with Gasteiger partial charge in [-0.3, -0.25) is 0 Å². The molecule has 0 saturated carbocycles. The van der Waals surface area contributed by atoms with E-state index in [2.05, 4.69) is 16.8 Å². The summed E-state index contributed by atoms with van der Waals surface area (Å²) in [6.45, 7) is 5.90. The predicted octanol–water partition coefficient (Wildman–Crippen LogP) is 2.03. The van der Waals surface area contributed by atoms with Crippen molar-refractivity contribution < 1.29 is 9.90 Å². The molecule has 0 aliphatic carbocycles. The van der Waals surface area contributed by atoms with Crippen LogP contribution >= 0.6 is 11.8 Å². The van der Waals surface area contributed by atoms with Crippen molar-refractivity contribution in [3.05, 3.63) is 23.4 Å². The number of pyridine rings is 1. The Labute approximate surface area is 105 Å². The van der Waals surface area contributed by atoms with Crippen LogP contribution in [0.5, 0.6) is 0 Å². The maximum atomic E-state index is 10.9. The molecule has 0 radical (unpaired) electrons. The maximum absolute atomic E-state index is 10.9. The monoisotopic (exact) mass is 252 g/mol. The van der Waals surface area contributed by atoms with Gasteiger partial charge in [-0.05, 0) is 19.1 Å². The van der Waals surface area contributed by atoms with E-state index < -0.39 is 5.97 Å². The fourth-order valence-electron chi connectivity index (χ4n) is 1.98. The Bertz CT molecular complexity index is 437. The second-order valence-electron chi connectivity index (χ2n) is 4.23. The molecule has 1 aliphatic heterocycles. The van der Waals surface area contributed by atoms with E-state index in [9.17, 15) is 4.79 Å². The van der Waals surface area contributed by atoms with Gasteiger partial charge < -0.3 is 10.0 Å². The first-order chi connectivity index (χ1) is 8.08. The molecule has 1 N–H and O–H groups in total. The summed E-state index contributed by atoms with van der Waals surface area (Å²) in [7, 11) is 0. The minimum Gasteiger partial charge on any atom is -0.478 e. The van der Waals surface area contributed by atoms with Gasteiger partial charge in [-0.25, -0.2) is 9.78 Å². The lowest BCUT2D eigenvalue weighted by Gasteiger charge is -2.31. The number of rotatable bonds is 2. The number of aromatic carboxylic acids is 1. The first-order valence-electron chi connectivity index (χ1n) is 5.65. The van der Waals surface area contributed by atoms with Crippen LogP contribution in [0.4, 0.5) is 5.82 Å². The van der Waals surface area contributed by atoms with Gasteiger partial charge in [0.25, 0.3) is 0 Å². The van der Waals surface area contributed by atoms with Crippen LogP contribution < -0.4 is 4.90 Å². The largest absolute Gasteiger partial charge is 0.478 e. The van der Waals surface area contributed by atoms with Crippen LogP contribution in [-0.4, -0.2) is 40.2 Å². The molecule has 1 fully saturated rings. The third kappa shape index (κ3) is 2.72. The summed E-state index contributed by atoms with van der Waals surface area (Å²) in [6.07, 6.45) is 0. The van der Waals surface area contributed by atoms with Crippen LogP contribution in [0.1, 0.15) is 23.0 Å².